The first-order chi connectivity index (χ1) is 9.45. The van der Waals surface area contributed by atoms with Crippen molar-refractivity contribution in [3.63, 3.8) is 0 Å². The first-order valence-electron chi connectivity index (χ1n) is 7.69. The minimum Gasteiger partial charge on any atom is -0.394 e. The summed E-state index contributed by atoms with van der Waals surface area (Å²) < 4.78 is 1.89. The lowest BCUT2D eigenvalue weighted by Crippen LogP contribution is -2.40. The van der Waals surface area contributed by atoms with Crippen molar-refractivity contribution in [1.82, 2.24) is 14.7 Å². The first-order valence-corrected chi connectivity index (χ1v) is 7.69. The van der Waals surface area contributed by atoms with Crippen molar-refractivity contribution in [2.75, 3.05) is 37.7 Å². The monoisotopic (exact) mass is 279 g/mol. The molecule has 0 atom stereocenters. The molecule has 1 aromatic rings. The highest BCUT2D eigenvalue weighted by molar-refractivity contribution is 5.65. The molecule has 0 amide bonds. The van der Waals surface area contributed by atoms with Gasteiger partial charge in [-0.05, 0) is 44.8 Å². The standard InChI is InChI=1S/C15H29N5/c1-5-6-12-13(16)14(20(4)18-12)17-11-15(2)7-9-19(3)10-8-15/h17H,5-11,16H2,1-4H3. The van der Waals surface area contributed by atoms with Crippen molar-refractivity contribution in [1.29, 1.82) is 0 Å². The van der Waals surface area contributed by atoms with Gasteiger partial charge in [-0.25, -0.2) is 0 Å². The average molecular weight is 279 g/mol. The van der Waals surface area contributed by atoms with Crippen LogP contribution in [0.15, 0.2) is 0 Å². The number of rotatable bonds is 5. The van der Waals surface area contributed by atoms with Gasteiger partial charge in [0, 0.05) is 13.6 Å². The molecular weight excluding hydrogens is 250 g/mol. The molecule has 1 saturated heterocycles. The van der Waals surface area contributed by atoms with Crippen molar-refractivity contribution in [3.8, 4) is 0 Å². The number of nitrogens with zero attached hydrogens (tertiary/aromatic N) is 3. The smallest absolute Gasteiger partial charge is 0.147 e. The molecule has 20 heavy (non-hydrogen) atoms. The summed E-state index contributed by atoms with van der Waals surface area (Å²) in [6, 6.07) is 0. The molecule has 1 fully saturated rings. The summed E-state index contributed by atoms with van der Waals surface area (Å²) in [6.45, 7) is 7.85. The molecule has 0 unspecified atom stereocenters. The molecule has 0 saturated carbocycles. The van der Waals surface area contributed by atoms with Gasteiger partial charge in [-0.15, -0.1) is 0 Å². The fourth-order valence-corrected chi connectivity index (χ4v) is 2.86. The minimum atomic E-state index is 0.355. The van der Waals surface area contributed by atoms with E-state index in [0.29, 0.717) is 5.41 Å². The zero-order chi connectivity index (χ0) is 14.8. The van der Waals surface area contributed by atoms with Gasteiger partial charge < -0.3 is 16.0 Å². The van der Waals surface area contributed by atoms with E-state index in [0.717, 1.165) is 36.6 Å². The van der Waals surface area contributed by atoms with Crippen LogP contribution in [0, 0.1) is 5.41 Å². The molecule has 114 valence electrons. The van der Waals surface area contributed by atoms with Crippen LogP contribution >= 0.6 is 0 Å². The van der Waals surface area contributed by atoms with Gasteiger partial charge in [0.15, 0.2) is 0 Å². The van der Waals surface area contributed by atoms with Crippen LogP contribution in [0.1, 0.15) is 38.8 Å². The van der Waals surface area contributed by atoms with E-state index >= 15 is 0 Å². The second-order valence-electron chi connectivity index (χ2n) is 6.55. The maximum atomic E-state index is 6.22. The van der Waals surface area contributed by atoms with Crippen LogP contribution < -0.4 is 11.1 Å². The van der Waals surface area contributed by atoms with E-state index in [9.17, 15) is 0 Å². The van der Waals surface area contributed by atoms with Gasteiger partial charge in [-0.2, -0.15) is 5.10 Å². The Bertz CT molecular complexity index is 443. The van der Waals surface area contributed by atoms with Crippen molar-refractivity contribution < 1.29 is 0 Å². The molecule has 2 rings (SSSR count). The van der Waals surface area contributed by atoms with Gasteiger partial charge in [0.05, 0.1) is 11.4 Å². The van der Waals surface area contributed by atoms with Crippen LogP contribution in [0.2, 0.25) is 0 Å². The van der Waals surface area contributed by atoms with E-state index in [-0.39, 0.29) is 0 Å². The Hall–Kier alpha value is -1.23. The molecule has 2 heterocycles. The van der Waals surface area contributed by atoms with Gasteiger partial charge in [-0.1, -0.05) is 20.3 Å². The van der Waals surface area contributed by atoms with Crippen LogP contribution in [-0.4, -0.2) is 41.4 Å². The molecule has 5 heteroatoms. The number of nitrogens with one attached hydrogen (secondary N) is 1. The third-order valence-electron chi connectivity index (χ3n) is 4.52. The van der Waals surface area contributed by atoms with Crippen LogP contribution in [0.5, 0.6) is 0 Å². The highest BCUT2D eigenvalue weighted by atomic mass is 15.3. The SMILES string of the molecule is CCCc1nn(C)c(NCC2(C)CCN(C)CC2)c1N. The predicted octanol–water partition coefficient (Wildman–Crippen LogP) is 2.10. The van der Waals surface area contributed by atoms with Crippen molar-refractivity contribution >= 4 is 11.5 Å². The van der Waals surface area contributed by atoms with Gasteiger partial charge in [-0.3, -0.25) is 4.68 Å². The summed E-state index contributed by atoms with van der Waals surface area (Å²) in [5.41, 5.74) is 8.42. The Morgan fingerprint density at radius 2 is 1.95 bits per heavy atom. The van der Waals surface area contributed by atoms with Gasteiger partial charge >= 0.3 is 0 Å². The number of anilines is 2. The Balaban J connectivity index is 2.00. The molecule has 5 nitrogen and oxygen atoms in total. The zero-order valence-electron chi connectivity index (χ0n) is 13.4. The number of aryl methyl sites for hydroxylation is 2. The molecule has 0 spiro atoms. The normalized spacial score (nSPS) is 19.2. The number of aromatic nitrogens is 2. The van der Waals surface area contributed by atoms with Crippen molar-refractivity contribution in [2.45, 2.75) is 39.5 Å². The quantitative estimate of drug-likeness (QED) is 0.866. The lowest BCUT2D eigenvalue weighted by Gasteiger charge is -2.38. The summed E-state index contributed by atoms with van der Waals surface area (Å²) >= 11 is 0. The van der Waals surface area contributed by atoms with Crippen molar-refractivity contribution in [3.05, 3.63) is 5.69 Å². The molecular formula is C15H29N5. The van der Waals surface area contributed by atoms with Crippen LogP contribution in [0.25, 0.3) is 0 Å². The third kappa shape index (κ3) is 3.26. The molecule has 0 aliphatic carbocycles. The Labute approximate surface area is 122 Å². The van der Waals surface area contributed by atoms with E-state index in [4.69, 9.17) is 5.73 Å². The Morgan fingerprint density at radius 1 is 1.30 bits per heavy atom. The molecule has 1 aliphatic heterocycles. The first kappa shape index (κ1) is 15.2. The summed E-state index contributed by atoms with van der Waals surface area (Å²) in [7, 11) is 4.16. The number of nitrogen functional groups attached to an aromatic ring is 1. The summed E-state index contributed by atoms with van der Waals surface area (Å²) in [5, 5.41) is 8.06. The average Bonchev–Trinajstić information content (AvgIpc) is 2.67. The number of nitrogens with two attached hydrogens (primary N) is 1. The number of hydrogen-bond donors (Lipinski definition) is 2. The number of piperidine rings is 1. The lowest BCUT2D eigenvalue weighted by molar-refractivity contribution is 0.150. The fraction of sp³-hybridized carbons (Fsp3) is 0.800. The topological polar surface area (TPSA) is 59.1 Å². The molecule has 1 aromatic heterocycles. The molecule has 0 aromatic carbocycles. The van der Waals surface area contributed by atoms with E-state index in [1.165, 1.54) is 25.9 Å². The number of hydrogen-bond acceptors (Lipinski definition) is 4. The van der Waals surface area contributed by atoms with Crippen molar-refractivity contribution in [2.24, 2.45) is 12.5 Å². The lowest BCUT2D eigenvalue weighted by atomic mass is 9.80. The molecule has 3 N–H and O–H groups in total. The zero-order valence-corrected chi connectivity index (χ0v) is 13.4. The maximum absolute atomic E-state index is 6.22. The van der Waals surface area contributed by atoms with Crippen LogP contribution in [0.3, 0.4) is 0 Å². The minimum absolute atomic E-state index is 0.355. The highest BCUT2D eigenvalue weighted by Gasteiger charge is 2.29. The van der Waals surface area contributed by atoms with Gasteiger partial charge in [0.25, 0.3) is 0 Å². The second-order valence-corrected chi connectivity index (χ2v) is 6.55. The highest BCUT2D eigenvalue weighted by Crippen LogP contribution is 2.32. The molecule has 0 radical (unpaired) electrons. The van der Waals surface area contributed by atoms with E-state index in [1.54, 1.807) is 0 Å². The molecule has 1 aliphatic rings. The Kier molecular flexibility index (Phi) is 4.58. The third-order valence-corrected chi connectivity index (χ3v) is 4.52. The summed E-state index contributed by atoms with van der Waals surface area (Å²) in [4.78, 5) is 2.40. The Morgan fingerprint density at radius 3 is 2.55 bits per heavy atom. The molecule has 0 bridgehead atoms. The number of likely N-dealkylation sites (tertiary alicyclic amines) is 1. The second kappa shape index (κ2) is 6.04. The van der Waals surface area contributed by atoms with E-state index in [2.05, 4.69) is 36.2 Å². The van der Waals surface area contributed by atoms with E-state index < -0.39 is 0 Å². The predicted molar refractivity (Wildman–Crippen MR) is 84.9 cm³/mol. The van der Waals surface area contributed by atoms with Crippen LogP contribution in [0.4, 0.5) is 11.5 Å². The maximum Gasteiger partial charge on any atom is 0.147 e. The van der Waals surface area contributed by atoms with Gasteiger partial charge in [0.1, 0.15) is 5.82 Å². The van der Waals surface area contributed by atoms with Crippen LogP contribution in [-0.2, 0) is 13.5 Å². The largest absolute Gasteiger partial charge is 0.394 e. The van der Waals surface area contributed by atoms with E-state index in [1.807, 2.05) is 11.7 Å². The fourth-order valence-electron chi connectivity index (χ4n) is 2.86. The summed E-state index contributed by atoms with van der Waals surface area (Å²) in [6.07, 6.45) is 4.49. The summed E-state index contributed by atoms with van der Waals surface area (Å²) in [5.74, 6) is 0.980. The van der Waals surface area contributed by atoms with Gasteiger partial charge in [0.2, 0.25) is 0 Å².